The molecule has 0 unspecified atom stereocenters. The number of hydrogen-bond donors (Lipinski definition) is 0. The van der Waals surface area contributed by atoms with Crippen molar-refractivity contribution < 1.29 is 32.7 Å². The fourth-order valence-corrected chi connectivity index (χ4v) is 0.398. The number of rotatable bonds is 0. The minimum atomic E-state index is 0. The molecule has 0 aromatic carbocycles. The number of pyridine rings is 1. The first-order valence-corrected chi connectivity index (χ1v) is 2.11. The van der Waals surface area contributed by atoms with Crippen molar-refractivity contribution in [3.05, 3.63) is 37.0 Å². The Bertz CT molecular complexity index is 138. The molecule has 8 heavy (non-hydrogen) atoms. The molecule has 1 rings (SSSR count). The summed E-state index contributed by atoms with van der Waals surface area (Å²) < 4.78 is 0. The first kappa shape index (κ1) is 8.12. The van der Waals surface area contributed by atoms with Crippen LogP contribution in [-0.4, -0.2) is 4.98 Å². The Morgan fingerprint density at radius 1 is 1.50 bits per heavy atom. The Labute approximate surface area is 74.4 Å². The second-order valence-electron chi connectivity index (χ2n) is 1.36. The molecule has 0 fully saturated rings. The van der Waals surface area contributed by atoms with E-state index in [1.807, 2.05) is 12.1 Å². The third kappa shape index (κ3) is 2.44. The Hall–Kier alpha value is 0.124. The van der Waals surface area contributed by atoms with Crippen LogP contribution >= 0.6 is 0 Å². The topological polar surface area (TPSA) is 12.9 Å². The van der Waals surface area contributed by atoms with Gasteiger partial charge >= 0.3 is 0 Å². The molecule has 0 aliphatic heterocycles. The van der Waals surface area contributed by atoms with Crippen LogP contribution in [0.3, 0.4) is 0 Å². The van der Waals surface area contributed by atoms with Gasteiger partial charge in [-0.1, -0.05) is 6.20 Å². The summed E-state index contributed by atoms with van der Waals surface area (Å²) in [7, 11) is 0. The van der Waals surface area contributed by atoms with Crippen LogP contribution in [0.5, 0.6) is 0 Å². The SMILES string of the molecule is [CH2-]c1cccnc1.[Y]. The van der Waals surface area contributed by atoms with Crippen molar-refractivity contribution in [2.24, 2.45) is 0 Å². The van der Waals surface area contributed by atoms with Gasteiger partial charge < -0.3 is 4.98 Å². The molecule has 1 radical (unpaired) electrons. The molecule has 1 heterocycles. The van der Waals surface area contributed by atoms with Crippen LogP contribution < -0.4 is 0 Å². The summed E-state index contributed by atoms with van der Waals surface area (Å²) in [5.41, 5.74) is 0.961. The molecule has 1 aromatic rings. The van der Waals surface area contributed by atoms with Crippen LogP contribution in [0.4, 0.5) is 0 Å². The van der Waals surface area contributed by atoms with E-state index in [-0.39, 0.29) is 32.7 Å². The fourth-order valence-electron chi connectivity index (χ4n) is 0.398. The maximum atomic E-state index is 3.82. The van der Waals surface area contributed by atoms with Gasteiger partial charge in [0, 0.05) is 32.7 Å². The zero-order chi connectivity index (χ0) is 5.11. The molecule has 0 saturated carbocycles. The van der Waals surface area contributed by atoms with Crippen LogP contribution in [0.2, 0.25) is 0 Å². The quantitative estimate of drug-likeness (QED) is 0.549. The second-order valence-corrected chi connectivity index (χ2v) is 1.36. The van der Waals surface area contributed by atoms with Gasteiger partial charge in [0.25, 0.3) is 0 Å². The molecule has 0 aliphatic rings. The molecule has 0 N–H and O–H groups in total. The van der Waals surface area contributed by atoms with Crippen molar-refractivity contribution in [2.75, 3.05) is 0 Å². The molecule has 0 amide bonds. The molecule has 0 saturated heterocycles. The Morgan fingerprint density at radius 3 is 2.50 bits per heavy atom. The summed E-state index contributed by atoms with van der Waals surface area (Å²) >= 11 is 0. The van der Waals surface area contributed by atoms with E-state index in [1.165, 1.54) is 0 Å². The molecule has 0 bridgehead atoms. The monoisotopic (exact) mass is 181 g/mol. The van der Waals surface area contributed by atoms with Gasteiger partial charge in [-0.05, 0) is 6.20 Å². The summed E-state index contributed by atoms with van der Waals surface area (Å²) in [6, 6.07) is 3.77. The van der Waals surface area contributed by atoms with E-state index in [0.29, 0.717) is 0 Å². The van der Waals surface area contributed by atoms with Crippen molar-refractivity contribution in [1.29, 1.82) is 0 Å². The molecular weight excluding hydrogens is 175 g/mol. The number of aromatic nitrogens is 1. The van der Waals surface area contributed by atoms with Crippen LogP contribution in [0.25, 0.3) is 0 Å². The van der Waals surface area contributed by atoms with E-state index in [1.54, 1.807) is 12.4 Å². The van der Waals surface area contributed by atoms with E-state index in [0.717, 1.165) is 5.56 Å². The largest absolute Gasteiger partial charge is 0.329 e. The third-order valence-corrected chi connectivity index (χ3v) is 0.723. The molecule has 1 nitrogen and oxygen atoms in total. The van der Waals surface area contributed by atoms with Gasteiger partial charge in [0.05, 0.1) is 0 Å². The van der Waals surface area contributed by atoms with Gasteiger partial charge in [0.15, 0.2) is 0 Å². The van der Waals surface area contributed by atoms with E-state index >= 15 is 0 Å². The summed E-state index contributed by atoms with van der Waals surface area (Å²) in [5, 5.41) is 0. The molecule has 39 valence electrons. The van der Waals surface area contributed by atoms with Crippen LogP contribution in [-0.2, 0) is 32.7 Å². The Kier molecular flexibility index (Phi) is 4.11. The smallest absolute Gasteiger partial charge is 0 e. The Balaban J connectivity index is 0.000000490. The number of hydrogen-bond acceptors (Lipinski definition) is 1. The average molecular weight is 181 g/mol. The van der Waals surface area contributed by atoms with Crippen molar-refractivity contribution in [2.45, 2.75) is 0 Å². The van der Waals surface area contributed by atoms with Crippen molar-refractivity contribution in [3.8, 4) is 0 Å². The summed E-state index contributed by atoms with van der Waals surface area (Å²) in [6.45, 7) is 3.66. The zero-order valence-electron chi connectivity index (χ0n) is 4.54. The normalized spacial score (nSPS) is 7.50. The van der Waals surface area contributed by atoms with E-state index < -0.39 is 0 Å². The van der Waals surface area contributed by atoms with Gasteiger partial charge in [0.1, 0.15) is 0 Å². The summed E-state index contributed by atoms with van der Waals surface area (Å²) in [4.78, 5) is 3.82. The summed E-state index contributed by atoms with van der Waals surface area (Å²) in [6.07, 6.45) is 3.45. The maximum absolute atomic E-state index is 3.82. The van der Waals surface area contributed by atoms with Crippen molar-refractivity contribution in [3.63, 3.8) is 0 Å². The molecule has 0 atom stereocenters. The van der Waals surface area contributed by atoms with E-state index in [4.69, 9.17) is 0 Å². The Morgan fingerprint density at radius 2 is 2.25 bits per heavy atom. The minimum absolute atomic E-state index is 0. The van der Waals surface area contributed by atoms with E-state index in [2.05, 4.69) is 11.9 Å². The standard InChI is InChI=1S/C6H6N.Y/c1-6-3-2-4-7-5-6;/h2-5H,1H2;/q-1;. The first-order valence-electron chi connectivity index (χ1n) is 2.11. The fraction of sp³-hybridized carbons (Fsp3) is 0. The molecule has 0 aliphatic carbocycles. The first-order chi connectivity index (χ1) is 3.39. The van der Waals surface area contributed by atoms with Gasteiger partial charge in [-0.2, -0.15) is 18.6 Å². The van der Waals surface area contributed by atoms with Crippen LogP contribution in [0, 0.1) is 6.92 Å². The third-order valence-electron chi connectivity index (χ3n) is 0.723. The van der Waals surface area contributed by atoms with Gasteiger partial charge in [-0.25, -0.2) is 0 Å². The van der Waals surface area contributed by atoms with Gasteiger partial charge in [0.2, 0.25) is 0 Å². The number of nitrogens with zero attached hydrogens (tertiary/aromatic N) is 1. The van der Waals surface area contributed by atoms with Crippen LogP contribution in [0.15, 0.2) is 24.5 Å². The van der Waals surface area contributed by atoms with Gasteiger partial charge in [-0.15, -0.1) is 6.07 Å². The van der Waals surface area contributed by atoms with Crippen molar-refractivity contribution >= 4 is 0 Å². The molecule has 2 heteroatoms. The van der Waals surface area contributed by atoms with Gasteiger partial charge in [-0.3, -0.25) is 0 Å². The predicted molar refractivity (Wildman–Crippen MR) is 28.7 cm³/mol. The van der Waals surface area contributed by atoms with Crippen molar-refractivity contribution in [1.82, 2.24) is 4.98 Å². The summed E-state index contributed by atoms with van der Waals surface area (Å²) in [5.74, 6) is 0. The van der Waals surface area contributed by atoms with Crippen LogP contribution in [0.1, 0.15) is 5.56 Å². The minimum Gasteiger partial charge on any atom is -0.329 e. The molecule has 0 spiro atoms. The maximum Gasteiger partial charge on any atom is 0 e. The average Bonchev–Trinajstić information content (AvgIpc) is 1.69. The zero-order valence-corrected chi connectivity index (χ0v) is 7.38. The predicted octanol–water partition coefficient (Wildman–Crippen LogP) is 1.26. The van der Waals surface area contributed by atoms with E-state index in [9.17, 15) is 0 Å². The molecule has 1 aromatic heterocycles. The molecular formula is C6H6NY-. The second kappa shape index (κ2) is 4.05.